The molecule has 0 aromatic heterocycles. The summed E-state index contributed by atoms with van der Waals surface area (Å²) in [6.07, 6.45) is -0.512. The van der Waals surface area contributed by atoms with Crippen LogP contribution in [-0.4, -0.2) is 63.9 Å². The standard InChI is InChI=1S/C25H29N5O6/c26-25(27)14-29(12-22(32)36-25)10-15-4-6-16(7-5-15)13-35-20-3-1-2-17-18(20)11-30(24(17)34)19-8-9-21(31)28-23(19)33/h1-7,19,22,32H,8-14,26-27H2,(H,28,31,33). The molecule has 2 unspecified atom stereocenters. The Kier molecular flexibility index (Phi) is 6.49. The Morgan fingerprint density at radius 1 is 1.11 bits per heavy atom. The average molecular weight is 496 g/mol. The Labute approximate surface area is 207 Å². The molecule has 0 aliphatic carbocycles. The van der Waals surface area contributed by atoms with E-state index in [1.54, 1.807) is 12.1 Å². The van der Waals surface area contributed by atoms with Crippen LogP contribution in [0.25, 0.3) is 0 Å². The Bertz CT molecular complexity index is 1180. The Hall–Kier alpha value is -3.35. The molecule has 2 fully saturated rings. The zero-order valence-electron chi connectivity index (χ0n) is 19.7. The van der Waals surface area contributed by atoms with Crippen LogP contribution in [0.1, 0.15) is 39.9 Å². The number of carbonyl (C=O) groups excluding carboxylic acids is 3. The number of nitrogens with two attached hydrogens (primary N) is 2. The van der Waals surface area contributed by atoms with Crippen LogP contribution >= 0.6 is 0 Å². The largest absolute Gasteiger partial charge is 0.489 e. The van der Waals surface area contributed by atoms with Gasteiger partial charge < -0.3 is 19.5 Å². The van der Waals surface area contributed by atoms with Crippen molar-refractivity contribution in [2.45, 2.75) is 50.7 Å². The zero-order chi connectivity index (χ0) is 25.4. The van der Waals surface area contributed by atoms with Crippen LogP contribution in [0.15, 0.2) is 42.5 Å². The lowest BCUT2D eigenvalue weighted by Crippen LogP contribution is -2.65. The molecule has 3 amide bonds. The second-order valence-electron chi connectivity index (χ2n) is 9.48. The van der Waals surface area contributed by atoms with E-state index in [9.17, 15) is 19.5 Å². The predicted octanol–water partition coefficient (Wildman–Crippen LogP) is -0.252. The van der Waals surface area contributed by atoms with Gasteiger partial charge in [0.05, 0.1) is 19.6 Å². The van der Waals surface area contributed by atoms with Gasteiger partial charge in [0, 0.05) is 24.1 Å². The Morgan fingerprint density at radius 2 is 1.86 bits per heavy atom. The summed E-state index contributed by atoms with van der Waals surface area (Å²) in [7, 11) is 0. The number of nitrogens with zero attached hydrogens (tertiary/aromatic N) is 2. The van der Waals surface area contributed by atoms with Gasteiger partial charge in [-0.15, -0.1) is 0 Å². The Balaban J connectivity index is 1.21. The number of benzene rings is 2. The van der Waals surface area contributed by atoms with Crippen LogP contribution in [0.3, 0.4) is 0 Å². The van der Waals surface area contributed by atoms with Crippen molar-refractivity contribution in [2.75, 3.05) is 13.1 Å². The van der Waals surface area contributed by atoms with E-state index >= 15 is 0 Å². The molecule has 11 heteroatoms. The van der Waals surface area contributed by atoms with Gasteiger partial charge in [0.25, 0.3) is 5.91 Å². The number of imide groups is 1. The molecule has 2 saturated heterocycles. The number of amides is 3. The smallest absolute Gasteiger partial charge is 0.255 e. The fourth-order valence-corrected chi connectivity index (χ4v) is 4.94. The number of nitrogens with one attached hydrogen (secondary N) is 1. The minimum atomic E-state index is -1.39. The number of carbonyl (C=O) groups is 3. The number of aliphatic hydroxyl groups is 1. The SMILES string of the molecule is NC1(N)CN(Cc2ccc(COc3cccc4c3CN(C3CCC(=O)NC3=O)C4=O)cc2)CC(O)O1. The lowest BCUT2D eigenvalue weighted by atomic mass is 10.0. The minimum absolute atomic E-state index is 0.210. The summed E-state index contributed by atoms with van der Waals surface area (Å²) < 4.78 is 11.2. The summed E-state index contributed by atoms with van der Waals surface area (Å²) in [4.78, 5) is 40.2. The molecule has 0 radical (unpaired) electrons. The highest BCUT2D eigenvalue weighted by atomic mass is 16.6. The summed E-state index contributed by atoms with van der Waals surface area (Å²) in [6.45, 7) is 1.72. The van der Waals surface area contributed by atoms with Gasteiger partial charge in [-0.05, 0) is 29.7 Å². The molecule has 11 nitrogen and oxygen atoms in total. The molecular formula is C25H29N5O6. The van der Waals surface area contributed by atoms with Gasteiger partial charge in [-0.1, -0.05) is 30.3 Å². The van der Waals surface area contributed by atoms with Crippen molar-refractivity contribution in [1.82, 2.24) is 15.1 Å². The molecule has 0 spiro atoms. The summed E-state index contributed by atoms with van der Waals surface area (Å²) in [6, 6.07) is 12.5. The zero-order valence-corrected chi connectivity index (χ0v) is 19.7. The number of piperidine rings is 1. The van der Waals surface area contributed by atoms with E-state index in [1.807, 2.05) is 35.2 Å². The fourth-order valence-electron chi connectivity index (χ4n) is 4.94. The normalized spacial score (nSPS) is 24.0. The third-order valence-corrected chi connectivity index (χ3v) is 6.60. The van der Waals surface area contributed by atoms with Gasteiger partial charge in [0.2, 0.25) is 11.8 Å². The topological polar surface area (TPSA) is 160 Å². The number of aliphatic hydroxyl groups excluding tert-OH is 1. The molecule has 190 valence electrons. The molecule has 0 bridgehead atoms. The first-order valence-corrected chi connectivity index (χ1v) is 11.8. The van der Waals surface area contributed by atoms with Crippen molar-refractivity contribution in [3.8, 4) is 5.75 Å². The molecule has 0 saturated carbocycles. The first kappa shape index (κ1) is 24.3. The van der Waals surface area contributed by atoms with Gasteiger partial charge in [0.1, 0.15) is 18.4 Å². The highest BCUT2D eigenvalue weighted by Crippen LogP contribution is 2.34. The van der Waals surface area contributed by atoms with E-state index in [1.165, 1.54) is 4.90 Å². The highest BCUT2D eigenvalue weighted by Gasteiger charge is 2.40. The predicted molar refractivity (Wildman–Crippen MR) is 127 cm³/mol. The third kappa shape index (κ3) is 5.11. The summed E-state index contributed by atoms with van der Waals surface area (Å²) in [5.74, 6) is -1.79. The average Bonchev–Trinajstić information content (AvgIpc) is 3.14. The maximum atomic E-state index is 13.0. The summed E-state index contributed by atoms with van der Waals surface area (Å²) >= 11 is 0. The molecule has 6 N–H and O–H groups in total. The number of morpholine rings is 1. The van der Waals surface area contributed by atoms with Crippen molar-refractivity contribution in [3.63, 3.8) is 0 Å². The van der Waals surface area contributed by atoms with E-state index in [0.717, 1.165) is 16.7 Å². The van der Waals surface area contributed by atoms with E-state index in [-0.39, 0.29) is 24.8 Å². The van der Waals surface area contributed by atoms with E-state index in [4.69, 9.17) is 20.9 Å². The van der Waals surface area contributed by atoms with Gasteiger partial charge in [0.15, 0.2) is 12.1 Å². The molecule has 36 heavy (non-hydrogen) atoms. The second kappa shape index (κ2) is 9.60. The lowest BCUT2D eigenvalue weighted by molar-refractivity contribution is -0.229. The van der Waals surface area contributed by atoms with Gasteiger partial charge in [-0.3, -0.25) is 36.1 Å². The molecule has 2 aromatic rings. The van der Waals surface area contributed by atoms with Crippen molar-refractivity contribution >= 4 is 17.7 Å². The van der Waals surface area contributed by atoms with Crippen molar-refractivity contribution in [2.24, 2.45) is 11.5 Å². The van der Waals surface area contributed by atoms with E-state index in [0.29, 0.717) is 44.0 Å². The van der Waals surface area contributed by atoms with Crippen LogP contribution in [0.5, 0.6) is 5.75 Å². The Morgan fingerprint density at radius 3 is 2.58 bits per heavy atom. The summed E-state index contributed by atoms with van der Waals surface area (Å²) in [5.41, 5.74) is 14.9. The molecule has 2 atom stereocenters. The van der Waals surface area contributed by atoms with Crippen LogP contribution in [0, 0.1) is 0 Å². The molecule has 2 aromatic carbocycles. The quantitative estimate of drug-likeness (QED) is 0.313. The minimum Gasteiger partial charge on any atom is -0.489 e. The molecule has 3 aliphatic heterocycles. The molecular weight excluding hydrogens is 466 g/mol. The maximum absolute atomic E-state index is 13.0. The molecule has 5 rings (SSSR count). The van der Waals surface area contributed by atoms with Gasteiger partial charge >= 0.3 is 0 Å². The third-order valence-electron chi connectivity index (χ3n) is 6.60. The number of ether oxygens (including phenoxy) is 2. The van der Waals surface area contributed by atoms with Crippen molar-refractivity contribution in [1.29, 1.82) is 0 Å². The van der Waals surface area contributed by atoms with E-state index in [2.05, 4.69) is 5.32 Å². The van der Waals surface area contributed by atoms with Crippen LogP contribution in [-0.2, 0) is 34.0 Å². The number of β-amino-alcohol motifs (C(OH)–C–C–N with tert-alkyl or cyclic N) is 1. The maximum Gasteiger partial charge on any atom is 0.255 e. The fraction of sp³-hybridized carbons (Fsp3) is 0.400. The van der Waals surface area contributed by atoms with Gasteiger partial charge in [-0.25, -0.2) is 0 Å². The van der Waals surface area contributed by atoms with Crippen LogP contribution in [0.4, 0.5) is 0 Å². The number of rotatable bonds is 6. The van der Waals surface area contributed by atoms with E-state index < -0.39 is 24.1 Å². The van der Waals surface area contributed by atoms with Crippen LogP contribution < -0.4 is 21.5 Å². The van der Waals surface area contributed by atoms with Crippen molar-refractivity contribution in [3.05, 3.63) is 64.7 Å². The second-order valence-corrected chi connectivity index (χ2v) is 9.48. The highest BCUT2D eigenvalue weighted by molar-refractivity contribution is 6.05. The monoisotopic (exact) mass is 495 g/mol. The summed E-state index contributed by atoms with van der Waals surface area (Å²) in [5, 5.41) is 12.1. The first-order valence-electron chi connectivity index (χ1n) is 11.8. The van der Waals surface area contributed by atoms with Crippen LogP contribution in [0.2, 0.25) is 0 Å². The number of hydrogen-bond donors (Lipinski definition) is 4. The number of hydrogen-bond acceptors (Lipinski definition) is 9. The molecule has 3 heterocycles. The first-order chi connectivity index (χ1) is 17.2. The number of fused-ring (bicyclic) bond motifs is 1. The molecule has 3 aliphatic rings. The van der Waals surface area contributed by atoms with Gasteiger partial charge in [-0.2, -0.15) is 0 Å². The van der Waals surface area contributed by atoms with Crippen molar-refractivity contribution < 1.29 is 29.0 Å². The lowest BCUT2D eigenvalue weighted by Gasteiger charge is -2.39.